The van der Waals surface area contributed by atoms with E-state index in [9.17, 15) is 23.8 Å². The molecule has 2 aromatic rings. The topological polar surface area (TPSA) is 60.8 Å². The summed E-state index contributed by atoms with van der Waals surface area (Å²) in [4.78, 5) is 14.5. The maximum Gasteiger partial charge on any atom is 0.224 e. The van der Waals surface area contributed by atoms with Crippen LogP contribution in [0.2, 0.25) is 0 Å². The van der Waals surface area contributed by atoms with Crippen LogP contribution in [-0.4, -0.2) is 34.2 Å². The number of hydrogen-bond acceptors (Lipinski definition) is 3. The Morgan fingerprint density at radius 1 is 1.21 bits per heavy atom. The first-order valence-corrected chi connectivity index (χ1v) is 9.05. The molecule has 1 heterocycles. The van der Waals surface area contributed by atoms with Crippen LogP contribution in [-0.2, 0) is 4.79 Å². The van der Waals surface area contributed by atoms with Gasteiger partial charge in [0.25, 0.3) is 0 Å². The number of rotatable bonds is 5. The number of phenols is 1. The lowest BCUT2D eigenvalue weighted by molar-refractivity contribution is -0.134. The van der Waals surface area contributed by atoms with Crippen LogP contribution in [0.4, 0.5) is 8.78 Å². The molecular formula is C22H23F2NO3. The van der Waals surface area contributed by atoms with Crippen LogP contribution in [0.15, 0.2) is 48.5 Å². The van der Waals surface area contributed by atoms with E-state index in [0.29, 0.717) is 11.1 Å². The molecule has 0 saturated carbocycles. The van der Waals surface area contributed by atoms with Crippen LogP contribution >= 0.6 is 0 Å². The maximum atomic E-state index is 14.3. The quantitative estimate of drug-likeness (QED) is 0.814. The predicted molar refractivity (Wildman–Crippen MR) is 102 cm³/mol. The second kappa shape index (κ2) is 7.72. The van der Waals surface area contributed by atoms with Gasteiger partial charge in [0, 0.05) is 25.1 Å². The molecule has 0 bridgehead atoms. The first-order chi connectivity index (χ1) is 13.2. The van der Waals surface area contributed by atoms with E-state index >= 15 is 0 Å². The number of carbonyl (C=O) groups is 1. The minimum Gasteiger partial charge on any atom is -0.508 e. The number of amides is 1. The number of hydrogen-bond donors (Lipinski definition) is 2. The van der Waals surface area contributed by atoms with Crippen LogP contribution in [0.5, 0.6) is 5.75 Å². The third-order valence-corrected chi connectivity index (χ3v) is 4.90. The molecule has 2 aromatic carbocycles. The van der Waals surface area contributed by atoms with Crippen molar-refractivity contribution in [2.45, 2.75) is 26.3 Å². The van der Waals surface area contributed by atoms with Crippen molar-refractivity contribution in [3.8, 4) is 5.75 Å². The second-order valence-electron chi connectivity index (χ2n) is 7.88. The number of halogens is 2. The van der Waals surface area contributed by atoms with Gasteiger partial charge in [-0.2, -0.15) is 0 Å². The third-order valence-electron chi connectivity index (χ3n) is 4.90. The van der Waals surface area contributed by atoms with E-state index in [0.717, 1.165) is 18.2 Å². The van der Waals surface area contributed by atoms with E-state index in [1.165, 1.54) is 6.07 Å². The summed E-state index contributed by atoms with van der Waals surface area (Å²) in [6, 6.07) is 9.21. The first kappa shape index (κ1) is 20.0. The maximum absolute atomic E-state index is 14.3. The predicted octanol–water partition coefficient (Wildman–Crippen LogP) is 4.05. The first-order valence-electron chi connectivity index (χ1n) is 9.05. The Balaban J connectivity index is 2.00. The van der Waals surface area contributed by atoms with Gasteiger partial charge in [0.2, 0.25) is 5.91 Å². The van der Waals surface area contributed by atoms with Gasteiger partial charge in [0.05, 0.1) is 6.04 Å². The van der Waals surface area contributed by atoms with Gasteiger partial charge in [-0.25, -0.2) is 8.78 Å². The van der Waals surface area contributed by atoms with E-state index in [1.807, 2.05) is 0 Å². The average Bonchev–Trinajstić information content (AvgIpc) is 3.09. The molecule has 0 radical (unpaired) electrons. The minimum atomic E-state index is -0.604. The highest BCUT2D eigenvalue weighted by molar-refractivity contribution is 5.83. The van der Waals surface area contributed by atoms with Crippen LogP contribution < -0.4 is 0 Å². The van der Waals surface area contributed by atoms with Gasteiger partial charge >= 0.3 is 0 Å². The molecule has 0 aliphatic carbocycles. The Morgan fingerprint density at radius 2 is 1.96 bits per heavy atom. The number of carbonyl (C=O) groups excluding carboxylic acids is 1. The lowest BCUT2D eigenvalue weighted by atomic mass is 9.89. The summed E-state index contributed by atoms with van der Waals surface area (Å²) in [6.07, 6.45) is 1.82. The average molecular weight is 387 g/mol. The number of aliphatic hydroxyl groups is 1. The highest BCUT2D eigenvalue weighted by Gasteiger charge is 2.34. The third kappa shape index (κ3) is 4.22. The lowest BCUT2D eigenvalue weighted by Gasteiger charge is -2.29. The normalized spacial score (nSPS) is 17.0. The summed E-state index contributed by atoms with van der Waals surface area (Å²) >= 11 is 0. The molecule has 148 valence electrons. The molecule has 3 rings (SSSR count). The molecule has 1 aliphatic heterocycles. The standard InChI is InChI=1S/C22H23F2NO3/c1-22(2,13-26)11-21(28)25-12-15(18-10-16(23)6-7-19(18)24)9-20(25)14-4-3-5-17(27)8-14/h3-10,20,26-27H,11-13H2,1-2H3/t20-/m0/s1. The smallest absolute Gasteiger partial charge is 0.224 e. The van der Waals surface area contributed by atoms with Crippen molar-refractivity contribution in [2.24, 2.45) is 5.41 Å². The Morgan fingerprint density at radius 3 is 2.64 bits per heavy atom. The fourth-order valence-corrected chi connectivity index (χ4v) is 3.33. The molecule has 4 nitrogen and oxygen atoms in total. The SMILES string of the molecule is CC(C)(CO)CC(=O)N1CC(c2cc(F)ccc2F)=C[C@H]1c1cccc(O)c1. The largest absolute Gasteiger partial charge is 0.508 e. The number of aliphatic hydroxyl groups excluding tert-OH is 1. The summed E-state index contributed by atoms with van der Waals surface area (Å²) in [6.45, 7) is 3.53. The molecular weight excluding hydrogens is 364 g/mol. The molecule has 0 spiro atoms. The van der Waals surface area contributed by atoms with Crippen molar-refractivity contribution >= 4 is 11.5 Å². The van der Waals surface area contributed by atoms with Crippen LogP contribution in [0.1, 0.15) is 37.4 Å². The van der Waals surface area contributed by atoms with Gasteiger partial charge in [0.1, 0.15) is 17.4 Å². The zero-order valence-corrected chi connectivity index (χ0v) is 15.8. The van der Waals surface area contributed by atoms with Crippen molar-refractivity contribution in [2.75, 3.05) is 13.2 Å². The Bertz CT molecular complexity index is 924. The molecule has 1 amide bonds. The van der Waals surface area contributed by atoms with Gasteiger partial charge in [-0.05, 0) is 46.9 Å². The Labute approximate surface area is 162 Å². The van der Waals surface area contributed by atoms with Crippen LogP contribution in [0.25, 0.3) is 5.57 Å². The number of aromatic hydroxyl groups is 1. The van der Waals surface area contributed by atoms with E-state index in [-0.39, 0.29) is 36.8 Å². The van der Waals surface area contributed by atoms with Crippen LogP contribution in [0, 0.1) is 17.0 Å². The molecule has 6 heteroatoms. The van der Waals surface area contributed by atoms with Crippen molar-refractivity contribution in [1.29, 1.82) is 0 Å². The summed E-state index contributed by atoms with van der Waals surface area (Å²) in [5.41, 5.74) is 0.678. The Hall–Kier alpha value is -2.73. The summed E-state index contributed by atoms with van der Waals surface area (Å²) in [7, 11) is 0. The van der Waals surface area contributed by atoms with Crippen molar-refractivity contribution in [1.82, 2.24) is 4.90 Å². The van der Waals surface area contributed by atoms with Gasteiger partial charge in [0.15, 0.2) is 0 Å². The highest BCUT2D eigenvalue weighted by Crippen LogP contribution is 2.38. The molecule has 0 aromatic heterocycles. The molecule has 0 saturated heterocycles. The zero-order valence-electron chi connectivity index (χ0n) is 15.8. The van der Waals surface area contributed by atoms with Crippen molar-refractivity contribution < 1.29 is 23.8 Å². The van der Waals surface area contributed by atoms with E-state index in [1.54, 1.807) is 43.0 Å². The number of phenolic OH excluding ortho intramolecular Hbond substituents is 1. The fourth-order valence-electron chi connectivity index (χ4n) is 3.33. The van der Waals surface area contributed by atoms with Gasteiger partial charge < -0.3 is 15.1 Å². The van der Waals surface area contributed by atoms with E-state index in [2.05, 4.69) is 0 Å². The molecule has 0 fully saturated rings. The highest BCUT2D eigenvalue weighted by atomic mass is 19.1. The molecule has 1 aliphatic rings. The number of benzene rings is 2. The van der Waals surface area contributed by atoms with E-state index in [4.69, 9.17) is 0 Å². The summed E-state index contributed by atoms with van der Waals surface area (Å²) in [5, 5.41) is 19.3. The molecule has 2 N–H and O–H groups in total. The van der Waals surface area contributed by atoms with Crippen molar-refractivity contribution in [3.05, 3.63) is 71.3 Å². The lowest BCUT2D eigenvalue weighted by Crippen LogP contribution is -2.35. The summed E-state index contributed by atoms with van der Waals surface area (Å²) in [5.74, 6) is -1.28. The Kier molecular flexibility index (Phi) is 5.52. The second-order valence-corrected chi connectivity index (χ2v) is 7.88. The van der Waals surface area contributed by atoms with Gasteiger partial charge in [-0.15, -0.1) is 0 Å². The number of nitrogens with zero attached hydrogens (tertiary/aromatic N) is 1. The van der Waals surface area contributed by atoms with E-state index < -0.39 is 23.1 Å². The van der Waals surface area contributed by atoms with Gasteiger partial charge in [-0.1, -0.05) is 32.1 Å². The van der Waals surface area contributed by atoms with Crippen LogP contribution in [0.3, 0.4) is 0 Å². The summed E-state index contributed by atoms with van der Waals surface area (Å²) < 4.78 is 27.9. The van der Waals surface area contributed by atoms with Gasteiger partial charge in [-0.3, -0.25) is 4.79 Å². The molecule has 0 unspecified atom stereocenters. The molecule has 1 atom stereocenters. The monoisotopic (exact) mass is 387 g/mol. The van der Waals surface area contributed by atoms with Crippen molar-refractivity contribution in [3.63, 3.8) is 0 Å². The minimum absolute atomic E-state index is 0.0550. The fraction of sp³-hybridized carbons (Fsp3) is 0.318. The molecule has 28 heavy (non-hydrogen) atoms. The zero-order chi connectivity index (χ0) is 20.5.